The molecule has 1 aromatic carbocycles. The van der Waals surface area contributed by atoms with Crippen LogP contribution in [0.25, 0.3) is 10.9 Å². The van der Waals surface area contributed by atoms with E-state index in [-0.39, 0.29) is 5.88 Å². The molecule has 0 saturated carbocycles. The minimum atomic E-state index is 0.133. The molecule has 0 spiro atoms. The monoisotopic (exact) mass is 237 g/mol. The summed E-state index contributed by atoms with van der Waals surface area (Å²) in [5, 5.41) is 10.8. The third-order valence-electron chi connectivity index (χ3n) is 2.73. The van der Waals surface area contributed by atoms with Crippen molar-refractivity contribution >= 4 is 22.8 Å². The highest BCUT2D eigenvalue weighted by Crippen LogP contribution is 2.25. The standard InChI is InChI=1S/C14H11N3O/c18-14-12(9-16-10-5-7-15-8-6-10)11-3-1-2-4-13(11)17-14/h1-9,17-18H. The molecule has 0 aliphatic rings. The van der Waals surface area contributed by atoms with E-state index in [0.717, 1.165) is 16.6 Å². The minimum Gasteiger partial charge on any atom is -0.494 e. The van der Waals surface area contributed by atoms with Crippen LogP contribution >= 0.6 is 0 Å². The molecule has 2 N–H and O–H groups in total. The van der Waals surface area contributed by atoms with Gasteiger partial charge in [0.25, 0.3) is 0 Å². The molecular formula is C14H11N3O. The third kappa shape index (κ3) is 1.84. The summed E-state index contributed by atoms with van der Waals surface area (Å²) in [6.45, 7) is 0. The topological polar surface area (TPSA) is 61.3 Å². The van der Waals surface area contributed by atoms with Gasteiger partial charge in [-0.3, -0.25) is 9.98 Å². The number of aromatic nitrogens is 2. The number of benzene rings is 1. The van der Waals surface area contributed by atoms with Gasteiger partial charge < -0.3 is 10.1 Å². The molecule has 0 atom stereocenters. The van der Waals surface area contributed by atoms with Gasteiger partial charge in [0.05, 0.1) is 11.3 Å². The first kappa shape index (κ1) is 10.5. The van der Waals surface area contributed by atoms with Gasteiger partial charge in [0.15, 0.2) is 5.88 Å². The summed E-state index contributed by atoms with van der Waals surface area (Å²) < 4.78 is 0. The predicted octanol–water partition coefficient (Wildman–Crippen LogP) is 3.02. The number of nitrogens with zero attached hydrogens (tertiary/aromatic N) is 2. The van der Waals surface area contributed by atoms with Crippen molar-refractivity contribution in [2.45, 2.75) is 0 Å². The van der Waals surface area contributed by atoms with Crippen molar-refractivity contribution in [2.75, 3.05) is 0 Å². The number of aromatic amines is 1. The van der Waals surface area contributed by atoms with Crippen LogP contribution in [-0.2, 0) is 0 Å². The van der Waals surface area contributed by atoms with E-state index in [0.29, 0.717) is 5.56 Å². The van der Waals surface area contributed by atoms with Crippen LogP contribution in [0.1, 0.15) is 5.56 Å². The number of fused-ring (bicyclic) bond motifs is 1. The van der Waals surface area contributed by atoms with Crippen LogP contribution in [0.2, 0.25) is 0 Å². The van der Waals surface area contributed by atoms with Crippen LogP contribution in [0.5, 0.6) is 5.88 Å². The number of hydrogen-bond donors (Lipinski definition) is 2. The molecule has 0 bridgehead atoms. The number of nitrogens with one attached hydrogen (secondary N) is 1. The summed E-state index contributed by atoms with van der Waals surface area (Å²) in [7, 11) is 0. The second-order valence-electron chi connectivity index (χ2n) is 3.90. The Morgan fingerprint density at radius 2 is 1.89 bits per heavy atom. The first-order valence-electron chi connectivity index (χ1n) is 5.58. The largest absolute Gasteiger partial charge is 0.494 e. The van der Waals surface area contributed by atoms with Gasteiger partial charge in [-0.05, 0) is 18.2 Å². The molecule has 0 aliphatic carbocycles. The molecular weight excluding hydrogens is 226 g/mol. The molecule has 4 heteroatoms. The first-order valence-corrected chi connectivity index (χ1v) is 5.58. The second-order valence-corrected chi connectivity index (χ2v) is 3.90. The van der Waals surface area contributed by atoms with Gasteiger partial charge in [0.2, 0.25) is 0 Å². The summed E-state index contributed by atoms with van der Waals surface area (Å²) in [4.78, 5) is 11.2. The number of para-hydroxylation sites is 1. The molecule has 0 saturated heterocycles. The van der Waals surface area contributed by atoms with Crippen molar-refractivity contribution in [3.63, 3.8) is 0 Å². The predicted molar refractivity (Wildman–Crippen MR) is 71.5 cm³/mol. The van der Waals surface area contributed by atoms with Crippen molar-refractivity contribution in [2.24, 2.45) is 4.99 Å². The molecule has 4 nitrogen and oxygen atoms in total. The molecule has 0 aliphatic heterocycles. The fourth-order valence-electron chi connectivity index (χ4n) is 1.85. The van der Waals surface area contributed by atoms with Crippen molar-refractivity contribution in [3.8, 4) is 5.88 Å². The van der Waals surface area contributed by atoms with Crippen molar-refractivity contribution in [3.05, 3.63) is 54.4 Å². The molecule has 2 heterocycles. The Morgan fingerprint density at radius 1 is 1.11 bits per heavy atom. The molecule has 88 valence electrons. The van der Waals surface area contributed by atoms with Crippen molar-refractivity contribution in [1.82, 2.24) is 9.97 Å². The average molecular weight is 237 g/mol. The Morgan fingerprint density at radius 3 is 2.72 bits per heavy atom. The fraction of sp³-hybridized carbons (Fsp3) is 0. The molecule has 0 amide bonds. The number of H-pyrrole nitrogens is 1. The van der Waals surface area contributed by atoms with E-state index in [9.17, 15) is 5.11 Å². The molecule has 3 rings (SSSR count). The summed E-state index contributed by atoms with van der Waals surface area (Å²) >= 11 is 0. The smallest absolute Gasteiger partial charge is 0.198 e. The highest BCUT2D eigenvalue weighted by molar-refractivity contribution is 6.02. The highest BCUT2D eigenvalue weighted by atomic mass is 16.3. The highest BCUT2D eigenvalue weighted by Gasteiger charge is 2.07. The van der Waals surface area contributed by atoms with Gasteiger partial charge in [-0.15, -0.1) is 0 Å². The fourth-order valence-corrected chi connectivity index (χ4v) is 1.85. The van der Waals surface area contributed by atoms with E-state index < -0.39 is 0 Å². The van der Waals surface area contributed by atoms with Crippen molar-refractivity contribution < 1.29 is 5.11 Å². The Bertz CT molecular complexity index is 701. The van der Waals surface area contributed by atoms with Gasteiger partial charge in [-0.1, -0.05) is 18.2 Å². The lowest BCUT2D eigenvalue weighted by Gasteiger charge is -1.93. The quantitative estimate of drug-likeness (QED) is 0.673. The van der Waals surface area contributed by atoms with Crippen LogP contribution in [0.4, 0.5) is 5.69 Å². The SMILES string of the molecule is Oc1[nH]c2ccccc2c1C=Nc1ccncc1. The van der Waals surface area contributed by atoms with E-state index in [1.165, 1.54) is 0 Å². The van der Waals surface area contributed by atoms with Gasteiger partial charge in [-0.2, -0.15) is 0 Å². The zero-order chi connectivity index (χ0) is 12.4. The lowest BCUT2D eigenvalue weighted by atomic mass is 10.2. The first-order chi connectivity index (χ1) is 8.84. The lowest BCUT2D eigenvalue weighted by molar-refractivity contribution is 0.457. The number of aliphatic imine (C=N–C) groups is 1. The van der Waals surface area contributed by atoms with Crippen LogP contribution in [0, 0.1) is 0 Å². The molecule has 0 unspecified atom stereocenters. The molecule has 18 heavy (non-hydrogen) atoms. The Balaban J connectivity index is 2.05. The number of rotatable bonds is 2. The molecule has 0 fully saturated rings. The Labute approximate surface area is 104 Å². The van der Waals surface area contributed by atoms with Crippen LogP contribution in [0.3, 0.4) is 0 Å². The normalized spacial score (nSPS) is 11.3. The van der Waals surface area contributed by atoms with Gasteiger partial charge in [0, 0.05) is 29.5 Å². The lowest BCUT2D eigenvalue weighted by Crippen LogP contribution is -1.78. The number of pyridine rings is 1. The maximum Gasteiger partial charge on any atom is 0.198 e. The maximum atomic E-state index is 9.85. The Kier molecular flexibility index (Phi) is 2.53. The maximum absolute atomic E-state index is 9.85. The van der Waals surface area contributed by atoms with Crippen LogP contribution in [-0.4, -0.2) is 21.3 Å². The van der Waals surface area contributed by atoms with Crippen LogP contribution < -0.4 is 0 Å². The summed E-state index contributed by atoms with van der Waals surface area (Å²) in [6, 6.07) is 11.3. The summed E-state index contributed by atoms with van der Waals surface area (Å²) in [6.07, 6.45) is 5.02. The van der Waals surface area contributed by atoms with E-state index in [1.807, 2.05) is 36.4 Å². The zero-order valence-electron chi connectivity index (χ0n) is 9.54. The van der Waals surface area contributed by atoms with Crippen LogP contribution in [0.15, 0.2) is 53.8 Å². The van der Waals surface area contributed by atoms with Gasteiger partial charge in [0.1, 0.15) is 0 Å². The van der Waals surface area contributed by atoms with Crippen molar-refractivity contribution in [1.29, 1.82) is 0 Å². The molecule has 0 radical (unpaired) electrons. The number of hydrogen-bond acceptors (Lipinski definition) is 3. The zero-order valence-corrected chi connectivity index (χ0v) is 9.54. The molecule has 3 aromatic rings. The number of aromatic hydroxyl groups is 1. The Hall–Kier alpha value is -2.62. The van der Waals surface area contributed by atoms with E-state index in [1.54, 1.807) is 18.6 Å². The molecule has 2 aromatic heterocycles. The van der Waals surface area contributed by atoms with E-state index in [2.05, 4.69) is 15.0 Å². The summed E-state index contributed by atoms with van der Waals surface area (Å²) in [5.74, 6) is 0.133. The summed E-state index contributed by atoms with van der Waals surface area (Å²) in [5.41, 5.74) is 2.39. The minimum absolute atomic E-state index is 0.133. The third-order valence-corrected chi connectivity index (χ3v) is 2.73. The average Bonchev–Trinajstić information content (AvgIpc) is 2.73. The van der Waals surface area contributed by atoms with Gasteiger partial charge >= 0.3 is 0 Å². The second kappa shape index (κ2) is 4.33. The van der Waals surface area contributed by atoms with Gasteiger partial charge in [-0.25, -0.2) is 0 Å². The van der Waals surface area contributed by atoms with E-state index in [4.69, 9.17) is 0 Å². The van der Waals surface area contributed by atoms with E-state index >= 15 is 0 Å².